The van der Waals surface area contributed by atoms with Crippen LogP contribution in [0.1, 0.15) is 23.7 Å². The molecule has 0 fully saturated rings. The van der Waals surface area contributed by atoms with E-state index >= 15 is 0 Å². The monoisotopic (exact) mass is 390 g/mol. The molecule has 1 N–H and O–H groups in total. The largest absolute Gasteiger partial charge is 0.466 e. The van der Waals surface area contributed by atoms with Gasteiger partial charge in [0.1, 0.15) is 0 Å². The van der Waals surface area contributed by atoms with Crippen molar-refractivity contribution < 1.29 is 9.53 Å². The zero-order valence-corrected chi connectivity index (χ0v) is 16.1. The highest BCUT2D eigenvalue weighted by molar-refractivity contribution is 7.13. The number of nitriles is 1. The summed E-state index contributed by atoms with van der Waals surface area (Å²) in [4.78, 5) is 15.8. The summed E-state index contributed by atoms with van der Waals surface area (Å²) in [5.41, 5.74) is 6.88. The van der Waals surface area contributed by atoms with Gasteiger partial charge in [-0.05, 0) is 35.7 Å². The predicted octanol–water partition coefficient (Wildman–Crippen LogP) is 4.23. The van der Waals surface area contributed by atoms with Gasteiger partial charge in [0, 0.05) is 5.38 Å². The Morgan fingerprint density at radius 1 is 1.32 bits per heavy atom. The number of hydrazone groups is 1. The lowest BCUT2D eigenvalue weighted by molar-refractivity contribution is -0.142. The number of carbonyl (C=O) groups excluding carboxylic acids is 1. The van der Waals surface area contributed by atoms with Gasteiger partial charge in [0.15, 0.2) is 0 Å². The molecule has 2 aromatic carbocycles. The highest BCUT2D eigenvalue weighted by atomic mass is 32.1. The summed E-state index contributed by atoms with van der Waals surface area (Å²) >= 11 is 1.37. The van der Waals surface area contributed by atoms with E-state index in [-0.39, 0.29) is 12.4 Å². The van der Waals surface area contributed by atoms with Crippen LogP contribution in [0, 0.1) is 11.3 Å². The lowest BCUT2D eigenvalue weighted by atomic mass is 9.99. The highest BCUT2D eigenvalue weighted by Gasteiger charge is 2.08. The van der Waals surface area contributed by atoms with Gasteiger partial charge >= 0.3 is 5.97 Å². The van der Waals surface area contributed by atoms with Gasteiger partial charge in [-0.25, -0.2) is 4.98 Å². The lowest BCUT2D eigenvalue weighted by Gasteiger charge is -2.05. The van der Waals surface area contributed by atoms with E-state index in [1.165, 1.54) is 11.3 Å². The number of hydrogen-bond donors (Lipinski definition) is 1. The second-order valence-electron chi connectivity index (χ2n) is 5.78. The van der Waals surface area contributed by atoms with Crippen LogP contribution in [0.4, 0.5) is 5.13 Å². The van der Waals surface area contributed by atoms with Crippen molar-refractivity contribution in [2.75, 3.05) is 12.0 Å². The Labute approximate surface area is 167 Å². The predicted molar refractivity (Wildman–Crippen MR) is 110 cm³/mol. The number of anilines is 1. The topological polar surface area (TPSA) is 87.4 Å². The maximum absolute atomic E-state index is 11.5. The Morgan fingerprint density at radius 2 is 2.18 bits per heavy atom. The minimum Gasteiger partial charge on any atom is -0.466 e. The molecule has 1 heterocycles. The van der Waals surface area contributed by atoms with Crippen LogP contribution in [0.15, 0.2) is 59.0 Å². The molecule has 0 saturated carbocycles. The Balaban J connectivity index is 1.66. The van der Waals surface area contributed by atoms with Crippen LogP contribution in [0.5, 0.6) is 0 Å². The molecule has 3 aromatic rings. The fraction of sp³-hybridized carbons (Fsp3) is 0.143. The standard InChI is InChI=1S/C21H18N4O2S/c1-2-27-20(26)11-18-14-28-21(24-18)25-23-13-15-6-5-8-16(10-15)19-9-4-3-7-17(19)12-22/h3-10,13-14H,2,11H2,1H3,(H,24,25). The Morgan fingerprint density at radius 3 is 3.00 bits per heavy atom. The molecule has 0 radical (unpaired) electrons. The van der Waals surface area contributed by atoms with Crippen LogP contribution in [-0.2, 0) is 16.0 Å². The van der Waals surface area contributed by atoms with E-state index in [4.69, 9.17) is 4.74 Å². The smallest absolute Gasteiger partial charge is 0.311 e. The number of benzene rings is 2. The quantitative estimate of drug-likeness (QED) is 0.370. The molecule has 0 atom stereocenters. The molecule has 140 valence electrons. The fourth-order valence-corrected chi connectivity index (χ4v) is 3.24. The summed E-state index contributed by atoms with van der Waals surface area (Å²) in [6.07, 6.45) is 1.83. The SMILES string of the molecule is CCOC(=O)Cc1csc(NN=Cc2cccc(-c3ccccc3C#N)c2)n1. The molecule has 3 rings (SSSR count). The molecule has 0 spiro atoms. The number of nitrogens with one attached hydrogen (secondary N) is 1. The van der Waals surface area contributed by atoms with Crippen molar-refractivity contribution in [3.8, 4) is 17.2 Å². The third-order valence-electron chi connectivity index (χ3n) is 3.80. The number of nitrogens with zero attached hydrogens (tertiary/aromatic N) is 3. The first-order valence-corrected chi connectivity index (χ1v) is 9.56. The van der Waals surface area contributed by atoms with Gasteiger partial charge in [0.2, 0.25) is 5.13 Å². The summed E-state index contributed by atoms with van der Waals surface area (Å²) in [5, 5.41) is 15.9. The number of aromatic nitrogens is 1. The van der Waals surface area contributed by atoms with Gasteiger partial charge in [-0.15, -0.1) is 11.3 Å². The third-order valence-corrected chi connectivity index (χ3v) is 4.60. The summed E-state index contributed by atoms with van der Waals surface area (Å²) < 4.78 is 4.91. The van der Waals surface area contributed by atoms with Crippen molar-refractivity contribution in [2.45, 2.75) is 13.3 Å². The van der Waals surface area contributed by atoms with Crippen molar-refractivity contribution in [1.82, 2.24) is 4.98 Å². The first kappa shape index (κ1) is 19.3. The van der Waals surface area contributed by atoms with E-state index in [0.29, 0.717) is 23.0 Å². The van der Waals surface area contributed by atoms with E-state index in [9.17, 15) is 10.1 Å². The maximum atomic E-state index is 11.5. The Hall–Kier alpha value is -3.50. The van der Waals surface area contributed by atoms with Crippen LogP contribution in [0.3, 0.4) is 0 Å². The zero-order chi connectivity index (χ0) is 19.8. The highest BCUT2D eigenvalue weighted by Crippen LogP contribution is 2.23. The van der Waals surface area contributed by atoms with E-state index in [1.807, 2.05) is 42.5 Å². The van der Waals surface area contributed by atoms with Crippen LogP contribution >= 0.6 is 11.3 Å². The molecule has 0 unspecified atom stereocenters. The van der Waals surface area contributed by atoms with Crippen molar-refractivity contribution in [1.29, 1.82) is 5.26 Å². The molecule has 7 heteroatoms. The molecule has 28 heavy (non-hydrogen) atoms. The Kier molecular flexibility index (Phi) is 6.50. The molecule has 0 aliphatic heterocycles. The van der Waals surface area contributed by atoms with Crippen LogP contribution < -0.4 is 5.43 Å². The van der Waals surface area contributed by atoms with E-state index in [1.54, 1.807) is 24.6 Å². The Bertz CT molecular complexity index is 1040. The van der Waals surface area contributed by atoms with Gasteiger partial charge in [0.05, 0.1) is 36.6 Å². The molecule has 6 nitrogen and oxygen atoms in total. The molecular weight excluding hydrogens is 372 g/mol. The van der Waals surface area contributed by atoms with Crippen molar-refractivity contribution >= 4 is 28.7 Å². The second-order valence-corrected chi connectivity index (χ2v) is 6.64. The normalized spacial score (nSPS) is 10.6. The molecule has 0 amide bonds. The van der Waals surface area contributed by atoms with Gasteiger partial charge in [-0.2, -0.15) is 10.4 Å². The first-order valence-electron chi connectivity index (χ1n) is 8.68. The minimum absolute atomic E-state index is 0.149. The molecule has 0 saturated heterocycles. The third kappa shape index (κ3) is 5.02. The zero-order valence-electron chi connectivity index (χ0n) is 15.3. The first-order chi connectivity index (χ1) is 13.7. The van der Waals surface area contributed by atoms with Gasteiger partial charge in [-0.3, -0.25) is 10.2 Å². The van der Waals surface area contributed by atoms with Crippen LogP contribution in [0.2, 0.25) is 0 Å². The van der Waals surface area contributed by atoms with Gasteiger partial charge < -0.3 is 4.74 Å². The average molecular weight is 390 g/mol. The van der Waals surface area contributed by atoms with Crippen LogP contribution in [-0.4, -0.2) is 23.8 Å². The van der Waals surface area contributed by atoms with E-state index < -0.39 is 0 Å². The van der Waals surface area contributed by atoms with Gasteiger partial charge in [-0.1, -0.05) is 36.4 Å². The van der Waals surface area contributed by atoms with E-state index in [2.05, 4.69) is 21.6 Å². The van der Waals surface area contributed by atoms with E-state index in [0.717, 1.165) is 16.7 Å². The van der Waals surface area contributed by atoms with Crippen molar-refractivity contribution in [2.24, 2.45) is 5.10 Å². The fourth-order valence-electron chi connectivity index (χ4n) is 2.58. The van der Waals surface area contributed by atoms with Crippen LogP contribution in [0.25, 0.3) is 11.1 Å². The number of hydrogen-bond acceptors (Lipinski definition) is 7. The minimum atomic E-state index is -0.294. The number of rotatable bonds is 7. The molecule has 0 aliphatic rings. The number of esters is 1. The summed E-state index contributed by atoms with van der Waals surface area (Å²) in [6.45, 7) is 2.13. The van der Waals surface area contributed by atoms with Crippen molar-refractivity contribution in [3.63, 3.8) is 0 Å². The maximum Gasteiger partial charge on any atom is 0.311 e. The molecule has 1 aromatic heterocycles. The molecular formula is C21H18N4O2S. The summed E-state index contributed by atoms with van der Waals surface area (Å²) in [5.74, 6) is -0.294. The second kappa shape index (κ2) is 9.44. The average Bonchev–Trinajstić information content (AvgIpc) is 3.15. The number of ether oxygens (including phenoxy) is 1. The van der Waals surface area contributed by atoms with Gasteiger partial charge in [0.25, 0.3) is 0 Å². The lowest BCUT2D eigenvalue weighted by Crippen LogP contribution is -2.07. The van der Waals surface area contributed by atoms with Crippen molar-refractivity contribution in [3.05, 3.63) is 70.7 Å². The molecule has 0 bridgehead atoms. The number of thiazole rings is 1. The molecule has 0 aliphatic carbocycles. The summed E-state index contributed by atoms with van der Waals surface area (Å²) in [6, 6.07) is 17.5. The number of carbonyl (C=O) groups is 1. The summed E-state index contributed by atoms with van der Waals surface area (Å²) in [7, 11) is 0.